The highest BCUT2D eigenvalue weighted by Gasteiger charge is 2.54. The van der Waals surface area contributed by atoms with Gasteiger partial charge in [0.2, 0.25) is 0 Å². The van der Waals surface area contributed by atoms with Crippen molar-refractivity contribution in [2.45, 2.75) is 24.7 Å². The van der Waals surface area contributed by atoms with Crippen molar-refractivity contribution in [2.24, 2.45) is 0 Å². The number of para-hydroxylation sites is 2. The van der Waals surface area contributed by atoms with Crippen molar-refractivity contribution in [2.75, 3.05) is 4.90 Å². The first-order valence-electron chi connectivity index (χ1n) is 18.7. The number of hydrogen-bond donors (Lipinski definition) is 0. The predicted octanol–water partition coefficient (Wildman–Crippen LogP) is 13.5. The number of nitrogens with zero attached hydrogens (tertiary/aromatic N) is 1. The van der Waals surface area contributed by atoms with Gasteiger partial charge < -0.3 is 4.90 Å². The van der Waals surface area contributed by atoms with Crippen LogP contribution >= 0.6 is 0 Å². The molecule has 1 nitrogen and oxygen atoms in total. The lowest BCUT2D eigenvalue weighted by atomic mass is 9.69. The van der Waals surface area contributed by atoms with E-state index in [1.165, 1.54) is 83.6 Å². The van der Waals surface area contributed by atoms with Gasteiger partial charge in [0.1, 0.15) is 0 Å². The minimum Gasteiger partial charge on any atom is -0.309 e. The van der Waals surface area contributed by atoms with Gasteiger partial charge in [-0.1, -0.05) is 172 Å². The molecule has 0 aromatic heterocycles. The fourth-order valence-electron chi connectivity index (χ4n) is 10.0. The summed E-state index contributed by atoms with van der Waals surface area (Å²) in [6, 6.07) is 70.0. The quantitative estimate of drug-likeness (QED) is 0.179. The third-order valence-corrected chi connectivity index (χ3v) is 12.3. The summed E-state index contributed by atoms with van der Waals surface area (Å²) in [5.74, 6) is 0. The fraction of sp³-hybridized carbons (Fsp3) is 0.0769. The Bertz CT molecular complexity index is 2660. The van der Waals surface area contributed by atoms with Crippen LogP contribution in [0.5, 0.6) is 0 Å². The molecule has 0 saturated heterocycles. The molecule has 1 spiro atoms. The molecule has 0 aliphatic heterocycles. The maximum absolute atomic E-state index is 2.61. The predicted molar refractivity (Wildman–Crippen MR) is 220 cm³/mol. The van der Waals surface area contributed by atoms with E-state index >= 15 is 0 Å². The van der Waals surface area contributed by atoms with Gasteiger partial charge in [-0.25, -0.2) is 0 Å². The first kappa shape index (κ1) is 30.2. The molecule has 0 saturated carbocycles. The van der Waals surface area contributed by atoms with Crippen LogP contribution in [0.3, 0.4) is 0 Å². The minimum absolute atomic E-state index is 0.240. The van der Waals surface area contributed by atoms with Crippen LogP contribution in [0.4, 0.5) is 17.1 Å². The van der Waals surface area contributed by atoms with E-state index in [-0.39, 0.29) is 5.41 Å². The van der Waals surface area contributed by atoms with Gasteiger partial charge in [0.15, 0.2) is 0 Å². The number of hydrogen-bond acceptors (Lipinski definition) is 1. The summed E-state index contributed by atoms with van der Waals surface area (Å²) in [6.07, 6.45) is 0. The normalized spacial score (nSPS) is 14.5. The second-order valence-corrected chi connectivity index (χ2v) is 15.2. The zero-order valence-corrected chi connectivity index (χ0v) is 29.8. The van der Waals surface area contributed by atoms with E-state index in [1.54, 1.807) is 0 Å². The van der Waals surface area contributed by atoms with Crippen molar-refractivity contribution in [3.05, 3.63) is 221 Å². The molecule has 8 aromatic carbocycles. The van der Waals surface area contributed by atoms with E-state index in [0.29, 0.717) is 0 Å². The number of rotatable bonds is 4. The summed E-state index contributed by atoms with van der Waals surface area (Å²) in [4.78, 5) is 2.54. The molecule has 0 fully saturated rings. The summed E-state index contributed by atoms with van der Waals surface area (Å²) < 4.78 is 0. The van der Waals surface area contributed by atoms with Crippen LogP contribution in [0.25, 0.3) is 44.5 Å². The lowest BCUT2D eigenvalue weighted by molar-refractivity contribution is 0.657. The van der Waals surface area contributed by atoms with Crippen LogP contribution in [-0.2, 0) is 10.8 Å². The Kier molecular flexibility index (Phi) is 6.29. The first-order valence-corrected chi connectivity index (χ1v) is 18.7. The van der Waals surface area contributed by atoms with E-state index in [0.717, 1.165) is 11.4 Å². The molecule has 3 aliphatic carbocycles. The van der Waals surface area contributed by atoms with E-state index in [4.69, 9.17) is 0 Å². The van der Waals surface area contributed by atoms with Crippen LogP contribution < -0.4 is 4.90 Å². The molecule has 0 N–H and O–H groups in total. The van der Waals surface area contributed by atoms with Gasteiger partial charge in [-0.15, -0.1) is 0 Å². The molecule has 0 unspecified atom stereocenters. The Hall–Kier alpha value is -6.44. The highest BCUT2D eigenvalue weighted by atomic mass is 15.1. The molecule has 250 valence electrons. The highest BCUT2D eigenvalue weighted by molar-refractivity contribution is 6.08. The SMILES string of the molecule is CC1(C)c2ccc(-c3ccccc3)cc2-c2c1cc1c(c2N(c2ccccc2)c2ccccc2)-c2ccccc2C12c1ccccc1-c1ccccc12. The summed E-state index contributed by atoms with van der Waals surface area (Å²) in [5, 5.41) is 0. The third-order valence-electron chi connectivity index (χ3n) is 12.3. The Morgan fingerprint density at radius 1 is 0.340 bits per heavy atom. The molecular formula is C52H37N. The zero-order valence-electron chi connectivity index (χ0n) is 29.8. The zero-order chi connectivity index (χ0) is 35.3. The van der Waals surface area contributed by atoms with Crippen LogP contribution in [0, 0.1) is 0 Å². The third kappa shape index (κ3) is 3.97. The number of anilines is 3. The molecule has 0 atom stereocenters. The lowest BCUT2D eigenvalue weighted by Gasteiger charge is -2.34. The van der Waals surface area contributed by atoms with Gasteiger partial charge >= 0.3 is 0 Å². The van der Waals surface area contributed by atoms with Crippen LogP contribution in [0.2, 0.25) is 0 Å². The summed E-state index contributed by atoms with van der Waals surface area (Å²) >= 11 is 0. The average Bonchev–Trinajstić information content (AvgIpc) is 3.77. The molecule has 0 heterocycles. The molecule has 1 heteroatoms. The summed E-state index contributed by atoms with van der Waals surface area (Å²) in [5.41, 5.74) is 21.4. The molecule has 11 rings (SSSR count). The smallest absolute Gasteiger partial charge is 0.0726 e. The van der Waals surface area contributed by atoms with Crippen molar-refractivity contribution in [3.63, 3.8) is 0 Å². The van der Waals surface area contributed by atoms with E-state index in [1.807, 2.05) is 0 Å². The maximum atomic E-state index is 2.61. The monoisotopic (exact) mass is 675 g/mol. The Labute approximate surface area is 311 Å². The van der Waals surface area contributed by atoms with Crippen molar-refractivity contribution < 1.29 is 0 Å². The van der Waals surface area contributed by atoms with Crippen molar-refractivity contribution >= 4 is 17.1 Å². The molecular weight excluding hydrogens is 639 g/mol. The number of fused-ring (bicyclic) bond motifs is 13. The first-order chi connectivity index (χ1) is 26.1. The Morgan fingerprint density at radius 3 is 1.40 bits per heavy atom. The Morgan fingerprint density at radius 2 is 0.811 bits per heavy atom. The molecule has 53 heavy (non-hydrogen) atoms. The summed E-state index contributed by atoms with van der Waals surface area (Å²) in [7, 11) is 0. The topological polar surface area (TPSA) is 3.24 Å². The largest absolute Gasteiger partial charge is 0.309 e. The van der Waals surface area contributed by atoms with Crippen LogP contribution in [0.15, 0.2) is 188 Å². The molecule has 0 bridgehead atoms. The Balaban J connectivity index is 1.35. The molecule has 0 radical (unpaired) electrons. The van der Waals surface area contributed by atoms with Crippen molar-refractivity contribution in [1.29, 1.82) is 0 Å². The molecule has 8 aromatic rings. The standard InChI is InChI=1S/C52H37N/c1-51(2)42-31-30-35(34-18-6-3-7-19-34)32-41(42)49-46(51)33-47-48(50(49)53(36-20-8-4-9-21-36)37-22-10-5-11-23-37)40-26-14-17-29-45(40)52(47)43-27-15-12-24-38(43)39-25-13-16-28-44(39)52/h3-33H,1-2H3. The van der Waals surface area contributed by atoms with Gasteiger partial charge in [-0.2, -0.15) is 0 Å². The number of benzene rings is 8. The lowest BCUT2D eigenvalue weighted by Crippen LogP contribution is -2.27. The minimum atomic E-state index is -0.456. The molecule has 3 aliphatic rings. The fourth-order valence-corrected chi connectivity index (χ4v) is 10.0. The van der Waals surface area contributed by atoms with Crippen molar-refractivity contribution in [1.82, 2.24) is 0 Å². The van der Waals surface area contributed by atoms with Crippen LogP contribution in [0.1, 0.15) is 47.2 Å². The van der Waals surface area contributed by atoms with Gasteiger partial charge in [-0.3, -0.25) is 0 Å². The van der Waals surface area contributed by atoms with E-state index in [2.05, 4.69) is 207 Å². The molecule has 0 amide bonds. The van der Waals surface area contributed by atoms with Gasteiger partial charge in [0, 0.05) is 27.9 Å². The van der Waals surface area contributed by atoms with Crippen LogP contribution in [-0.4, -0.2) is 0 Å². The highest BCUT2D eigenvalue weighted by Crippen LogP contribution is 2.68. The van der Waals surface area contributed by atoms with Gasteiger partial charge in [0.25, 0.3) is 0 Å². The second kappa shape index (κ2) is 11.0. The average molecular weight is 676 g/mol. The maximum Gasteiger partial charge on any atom is 0.0726 e. The van der Waals surface area contributed by atoms with Gasteiger partial charge in [0.05, 0.1) is 11.1 Å². The van der Waals surface area contributed by atoms with E-state index < -0.39 is 5.41 Å². The van der Waals surface area contributed by atoms with Gasteiger partial charge in [-0.05, 0) is 97.1 Å². The van der Waals surface area contributed by atoms with Crippen molar-refractivity contribution in [3.8, 4) is 44.5 Å². The van der Waals surface area contributed by atoms with E-state index in [9.17, 15) is 0 Å². The second-order valence-electron chi connectivity index (χ2n) is 15.2. The summed E-state index contributed by atoms with van der Waals surface area (Å²) in [6.45, 7) is 4.85.